The third kappa shape index (κ3) is 4.02. The van der Waals surface area contributed by atoms with Crippen molar-refractivity contribution >= 4 is 22.4 Å². The second kappa shape index (κ2) is 7.87. The number of carbonyl (C=O) groups excluding carboxylic acids is 1. The van der Waals surface area contributed by atoms with Crippen molar-refractivity contribution in [3.8, 4) is 0 Å². The summed E-state index contributed by atoms with van der Waals surface area (Å²) in [5, 5.41) is 11.7. The number of amides is 1. The van der Waals surface area contributed by atoms with E-state index in [1.165, 1.54) is 0 Å². The molecule has 0 heterocycles. The van der Waals surface area contributed by atoms with Gasteiger partial charge in [0, 0.05) is 18.0 Å². The van der Waals surface area contributed by atoms with E-state index in [4.69, 9.17) is 5.11 Å². The van der Waals surface area contributed by atoms with Crippen LogP contribution in [0.5, 0.6) is 0 Å². The Bertz CT molecular complexity index is 668. The van der Waals surface area contributed by atoms with Gasteiger partial charge in [-0.15, -0.1) is 0 Å². The van der Waals surface area contributed by atoms with Crippen molar-refractivity contribution in [2.75, 3.05) is 17.7 Å². The molecule has 0 saturated carbocycles. The highest BCUT2D eigenvalue weighted by Crippen LogP contribution is 2.17. The number of carbonyl (C=O) groups is 1. The molecule has 1 unspecified atom stereocenters. The number of benzene rings is 2. The van der Waals surface area contributed by atoms with Crippen LogP contribution in [0.1, 0.15) is 22.8 Å². The number of nitrogens with one attached hydrogen (secondary N) is 1. The van der Waals surface area contributed by atoms with E-state index < -0.39 is 10.8 Å². The van der Waals surface area contributed by atoms with Crippen molar-refractivity contribution in [3.63, 3.8) is 0 Å². The molecule has 0 bridgehead atoms. The first-order valence-corrected chi connectivity index (χ1v) is 8.46. The van der Waals surface area contributed by atoms with Gasteiger partial charge in [0.2, 0.25) is 0 Å². The molecule has 0 aliphatic carbocycles. The Hall–Kier alpha value is -1.98. The third-order valence-corrected chi connectivity index (χ3v) is 4.62. The fourth-order valence-corrected chi connectivity index (χ4v) is 3.04. The van der Waals surface area contributed by atoms with Crippen molar-refractivity contribution in [3.05, 3.63) is 59.7 Å². The summed E-state index contributed by atoms with van der Waals surface area (Å²) < 4.78 is 12.0. The fraction of sp³-hybridized carbons (Fsp3) is 0.235. The zero-order valence-electron chi connectivity index (χ0n) is 12.4. The van der Waals surface area contributed by atoms with E-state index in [0.29, 0.717) is 28.3 Å². The van der Waals surface area contributed by atoms with Gasteiger partial charge in [0.15, 0.2) is 0 Å². The molecule has 0 spiro atoms. The van der Waals surface area contributed by atoms with E-state index in [1.54, 1.807) is 36.4 Å². The van der Waals surface area contributed by atoms with Crippen LogP contribution >= 0.6 is 0 Å². The lowest BCUT2D eigenvalue weighted by Crippen LogP contribution is -2.15. The van der Waals surface area contributed by atoms with E-state index in [9.17, 15) is 9.00 Å². The summed E-state index contributed by atoms with van der Waals surface area (Å²) in [6.45, 7) is 1.92. The summed E-state index contributed by atoms with van der Waals surface area (Å²) in [4.78, 5) is 12.9. The first kappa shape index (κ1) is 16.4. The van der Waals surface area contributed by atoms with Crippen LogP contribution in [0.4, 0.5) is 5.69 Å². The van der Waals surface area contributed by atoms with Crippen LogP contribution in [0, 0.1) is 0 Å². The highest BCUT2D eigenvalue weighted by Gasteiger charge is 2.14. The lowest BCUT2D eigenvalue weighted by atomic mass is 10.1. The summed E-state index contributed by atoms with van der Waals surface area (Å²) in [5.41, 5.74) is 2.11. The molecule has 0 aliphatic rings. The Morgan fingerprint density at radius 2 is 1.82 bits per heavy atom. The van der Waals surface area contributed by atoms with Crippen molar-refractivity contribution in [2.24, 2.45) is 0 Å². The summed E-state index contributed by atoms with van der Waals surface area (Å²) in [6.07, 6.45) is 0.590. The minimum atomic E-state index is -1.18. The molecular formula is C17H19NO3S. The minimum Gasteiger partial charge on any atom is -0.396 e. The van der Waals surface area contributed by atoms with E-state index >= 15 is 0 Å². The van der Waals surface area contributed by atoms with Gasteiger partial charge in [-0.1, -0.05) is 31.2 Å². The zero-order valence-corrected chi connectivity index (χ0v) is 13.2. The molecule has 0 radical (unpaired) electrons. The molecule has 2 aromatic rings. The summed E-state index contributed by atoms with van der Waals surface area (Å²) in [5.74, 6) is 0.201. The maximum atomic E-state index is 12.4. The van der Waals surface area contributed by atoms with Crippen LogP contribution in [0.15, 0.2) is 53.4 Å². The van der Waals surface area contributed by atoms with Gasteiger partial charge in [0.25, 0.3) is 5.91 Å². The normalized spacial score (nSPS) is 11.9. The highest BCUT2D eigenvalue weighted by atomic mass is 32.2. The number of aliphatic hydroxyl groups excluding tert-OH is 1. The monoisotopic (exact) mass is 317 g/mol. The highest BCUT2D eigenvalue weighted by molar-refractivity contribution is 7.85. The maximum Gasteiger partial charge on any atom is 0.256 e. The van der Waals surface area contributed by atoms with Gasteiger partial charge >= 0.3 is 0 Å². The molecule has 1 amide bonds. The van der Waals surface area contributed by atoms with Crippen molar-refractivity contribution in [2.45, 2.75) is 18.2 Å². The molecule has 1 atom stereocenters. The third-order valence-electron chi connectivity index (χ3n) is 3.25. The molecule has 0 saturated heterocycles. The Balaban J connectivity index is 2.17. The van der Waals surface area contributed by atoms with Gasteiger partial charge in [-0.05, 0) is 36.2 Å². The van der Waals surface area contributed by atoms with Gasteiger partial charge in [-0.2, -0.15) is 0 Å². The largest absolute Gasteiger partial charge is 0.396 e. The summed E-state index contributed by atoms with van der Waals surface area (Å²) in [6, 6.07) is 14.3. The van der Waals surface area contributed by atoms with Gasteiger partial charge < -0.3 is 10.4 Å². The smallest absolute Gasteiger partial charge is 0.256 e. The van der Waals surface area contributed by atoms with E-state index in [1.807, 2.05) is 19.1 Å². The first-order valence-electron chi connectivity index (χ1n) is 7.14. The quantitative estimate of drug-likeness (QED) is 0.860. The molecule has 0 aliphatic heterocycles. The van der Waals surface area contributed by atoms with Crippen LogP contribution in [0.3, 0.4) is 0 Å². The lowest BCUT2D eigenvalue weighted by Gasteiger charge is -2.10. The van der Waals surface area contributed by atoms with Crippen LogP contribution in [0.2, 0.25) is 0 Å². The van der Waals surface area contributed by atoms with Gasteiger partial charge in [0.1, 0.15) is 0 Å². The molecule has 0 aromatic heterocycles. The van der Waals surface area contributed by atoms with Crippen molar-refractivity contribution < 1.29 is 14.1 Å². The van der Waals surface area contributed by atoms with Crippen LogP contribution in [-0.2, 0) is 17.2 Å². The standard InChI is InChI=1S/C17H19NO3S/c1-2-22(21)16-6-4-3-5-15(16)17(20)18-14-9-7-13(8-10-14)11-12-19/h3-10,19H,2,11-12H2,1H3,(H,18,20). The molecule has 0 fully saturated rings. The van der Waals surface area contributed by atoms with Gasteiger partial charge in [0.05, 0.1) is 21.3 Å². The Labute approximate surface area is 132 Å². The SMILES string of the molecule is CCS(=O)c1ccccc1C(=O)Nc1ccc(CCO)cc1. The van der Waals surface area contributed by atoms with Crippen molar-refractivity contribution in [1.82, 2.24) is 0 Å². The minimum absolute atomic E-state index is 0.0991. The molecule has 22 heavy (non-hydrogen) atoms. The number of rotatable bonds is 6. The van der Waals surface area contributed by atoms with Crippen LogP contribution in [-0.4, -0.2) is 27.6 Å². The summed E-state index contributed by atoms with van der Waals surface area (Å²) in [7, 11) is -1.18. The second-order valence-corrected chi connectivity index (χ2v) is 6.46. The molecular weight excluding hydrogens is 298 g/mol. The fourth-order valence-electron chi connectivity index (χ4n) is 2.09. The molecule has 4 nitrogen and oxygen atoms in total. The van der Waals surface area contributed by atoms with Gasteiger partial charge in [-0.3, -0.25) is 9.00 Å². The molecule has 5 heteroatoms. The Morgan fingerprint density at radius 3 is 2.45 bits per heavy atom. The topological polar surface area (TPSA) is 66.4 Å². The number of hydrogen-bond donors (Lipinski definition) is 2. The second-order valence-electron chi connectivity index (χ2n) is 4.76. The van der Waals surface area contributed by atoms with E-state index in [0.717, 1.165) is 5.56 Å². The van der Waals surface area contributed by atoms with E-state index in [-0.39, 0.29) is 12.5 Å². The van der Waals surface area contributed by atoms with Gasteiger partial charge in [-0.25, -0.2) is 0 Å². The number of hydrogen-bond acceptors (Lipinski definition) is 3. The lowest BCUT2D eigenvalue weighted by molar-refractivity contribution is 0.102. The molecule has 116 valence electrons. The number of aliphatic hydroxyl groups is 1. The average molecular weight is 317 g/mol. The van der Waals surface area contributed by atoms with Crippen LogP contribution < -0.4 is 5.32 Å². The van der Waals surface area contributed by atoms with Crippen molar-refractivity contribution in [1.29, 1.82) is 0 Å². The Morgan fingerprint density at radius 1 is 1.14 bits per heavy atom. The van der Waals surface area contributed by atoms with Crippen LogP contribution in [0.25, 0.3) is 0 Å². The Kier molecular flexibility index (Phi) is 5.86. The molecule has 2 rings (SSSR count). The number of anilines is 1. The zero-order chi connectivity index (χ0) is 15.9. The molecule has 2 aromatic carbocycles. The summed E-state index contributed by atoms with van der Waals surface area (Å²) >= 11 is 0. The maximum absolute atomic E-state index is 12.4. The molecule has 2 N–H and O–H groups in total. The predicted octanol–water partition coefficient (Wildman–Crippen LogP) is 2.60. The van der Waals surface area contributed by atoms with E-state index in [2.05, 4.69) is 5.32 Å². The average Bonchev–Trinajstić information content (AvgIpc) is 2.56. The first-order chi connectivity index (χ1) is 10.7. The predicted molar refractivity (Wildman–Crippen MR) is 88.6 cm³/mol.